The van der Waals surface area contributed by atoms with Crippen LogP contribution in [0.2, 0.25) is 0 Å². The molecule has 0 atom stereocenters. The van der Waals surface area contributed by atoms with E-state index in [9.17, 15) is 18.0 Å². The first-order valence-corrected chi connectivity index (χ1v) is 11.8. The summed E-state index contributed by atoms with van der Waals surface area (Å²) in [7, 11) is -3.78. The Morgan fingerprint density at radius 1 is 1.18 bits per heavy atom. The maximum Gasteiger partial charge on any atom is 0.339 e. The van der Waals surface area contributed by atoms with Crippen LogP contribution in [0.25, 0.3) is 10.2 Å². The minimum absolute atomic E-state index is 0.345. The molecule has 0 bridgehead atoms. The summed E-state index contributed by atoms with van der Waals surface area (Å²) in [5.74, 6) is 0. The third-order valence-electron chi connectivity index (χ3n) is 4.73. The summed E-state index contributed by atoms with van der Waals surface area (Å²) in [6, 6.07) is 1.83. The molecule has 10 heteroatoms. The number of nitrogens with one attached hydrogen (secondary N) is 2. The van der Waals surface area contributed by atoms with Gasteiger partial charge in [-0.2, -0.15) is 0 Å². The number of hydrogen-bond donors (Lipinski definition) is 2. The van der Waals surface area contributed by atoms with Gasteiger partial charge < -0.3 is 0 Å². The van der Waals surface area contributed by atoms with Gasteiger partial charge in [-0.3, -0.25) is 10.6 Å². The third kappa shape index (κ3) is 4.61. The van der Waals surface area contributed by atoms with Crippen molar-refractivity contribution in [2.75, 3.05) is 11.6 Å². The number of aromatic nitrogens is 1. The van der Waals surface area contributed by atoms with Crippen LogP contribution >= 0.6 is 11.3 Å². The van der Waals surface area contributed by atoms with Gasteiger partial charge in [0, 0.05) is 6.04 Å². The van der Waals surface area contributed by atoms with Crippen LogP contribution in [-0.2, 0) is 10.0 Å². The molecule has 1 aliphatic carbocycles. The molecule has 152 valence electrons. The summed E-state index contributed by atoms with van der Waals surface area (Å²) in [6.07, 6.45) is 4.95. The van der Waals surface area contributed by atoms with E-state index in [1.165, 1.54) is 11.3 Å². The van der Waals surface area contributed by atoms with Crippen molar-refractivity contribution in [3.63, 3.8) is 0 Å². The van der Waals surface area contributed by atoms with Gasteiger partial charge in [0.25, 0.3) is 0 Å². The summed E-state index contributed by atoms with van der Waals surface area (Å²) in [6.45, 7) is 3.92. The van der Waals surface area contributed by atoms with Crippen molar-refractivity contribution in [1.82, 2.24) is 14.6 Å². The standard InChI is InChI=1S/C18H24N4O4S2/c1-11-9-12(2)15-14(10-11)27-17(19-15)20-16(23)21-18(24)22(28(3,25)26)13-7-5-4-6-8-13/h9-10,13H,4-8H2,1-3H3,(H2,19,20,21,23,24). The van der Waals surface area contributed by atoms with Crippen molar-refractivity contribution in [1.29, 1.82) is 0 Å². The Hall–Kier alpha value is -2.20. The predicted molar refractivity (Wildman–Crippen MR) is 110 cm³/mol. The zero-order valence-electron chi connectivity index (χ0n) is 16.1. The summed E-state index contributed by atoms with van der Waals surface area (Å²) >= 11 is 1.30. The second kappa shape index (κ2) is 8.04. The first-order valence-electron chi connectivity index (χ1n) is 9.14. The molecule has 4 amide bonds. The smallest absolute Gasteiger partial charge is 0.283 e. The van der Waals surface area contributed by atoms with Crippen molar-refractivity contribution >= 4 is 48.8 Å². The van der Waals surface area contributed by atoms with Crippen LogP contribution < -0.4 is 10.6 Å². The third-order valence-corrected chi connectivity index (χ3v) is 6.83. The summed E-state index contributed by atoms with van der Waals surface area (Å²) in [5, 5.41) is 5.01. The Morgan fingerprint density at radius 3 is 2.50 bits per heavy atom. The quantitative estimate of drug-likeness (QED) is 0.780. The molecule has 3 rings (SSSR count). The number of aryl methyl sites for hydroxylation is 2. The number of thiazole rings is 1. The number of carbonyl (C=O) groups excluding carboxylic acids is 2. The number of benzene rings is 1. The Labute approximate surface area is 168 Å². The normalized spacial score (nSPS) is 15.4. The maximum atomic E-state index is 12.5. The molecule has 2 aromatic rings. The molecule has 1 aliphatic rings. The molecule has 0 aliphatic heterocycles. The van der Waals surface area contributed by atoms with Gasteiger partial charge in [-0.1, -0.05) is 36.7 Å². The lowest BCUT2D eigenvalue weighted by Crippen LogP contribution is -2.51. The van der Waals surface area contributed by atoms with Gasteiger partial charge in [0.1, 0.15) is 0 Å². The van der Waals surface area contributed by atoms with E-state index in [0.717, 1.165) is 51.2 Å². The SMILES string of the molecule is Cc1cc(C)c2nc(NC(=O)NC(=O)N(C3CCCCC3)S(C)(=O)=O)sc2c1. The highest BCUT2D eigenvalue weighted by Crippen LogP contribution is 2.29. The topological polar surface area (TPSA) is 108 Å². The zero-order valence-corrected chi connectivity index (χ0v) is 17.7. The molecule has 0 saturated heterocycles. The van der Waals surface area contributed by atoms with Crippen molar-refractivity contribution in [3.8, 4) is 0 Å². The fourth-order valence-electron chi connectivity index (χ4n) is 3.61. The van der Waals surface area contributed by atoms with Gasteiger partial charge in [0.05, 0.1) is 16.5 Å². The van der Waals surface area contributed by atoms with Crippen LogP contribution in [0.1, 0.15) is 43.2 Å². The van der Waals surface area contributed by atoms with Crippen molar-refractivity contribution in [2.24, 2.45) is 0 Å². The van der Waals surface area contributed by atoms with Crippen LogP contribution in [0.5, 0.6) is 0 Å². The number of fused-ring (bicyclic) bond motifs is 1. The molecule has 1 saturated carbocycles. The highest BCUT2D eigenvalue weighted by atomic mass is 32.2. The highest BCUT2D eigenvalue weighted by Gasteiger charge is 2.33. The van der Waals surface area contributed by atoms with Gasteiger partial charge in [0.15, 0.2) is 5.13 Å². The predicted octanol–water partition coefficient (Wildman–Crippen LogP) is 3.75. The van der Waals surface area contributed by atoms with E-state index in [0.29, 0.717) is 18.0 Å². The zero-order chi connectivity index (χ0) is 20.5. The van der Waals surface area contributed by atoms with Crippen LogP contribution in [0.3, 0.4) is 0 Å². The Morgan fingerprint density at radius 2 is 1.86 bits per heavy atom. The Balaban J connectivity index is 1.72. The number of nitrogens with zero attached hydrogens (tertiary/aromatic N) is 2. The number of rotatable bonds is 3. The minimum Gasteiger partial charge on any atom is -0.283 e. The van der Waals surface area contributed by atoms with E-state index in [1.54, 1.807) is 0 Å². The molecule has 1 aromatic heterocycles. The molecule has 2 N–H and O–H groups in total. The van der Waals surface area contributed by atoms with Crippen LogP contribution in [0.4, 0.5) is 14.7 Å². The van der Waals surface area contributed by atoms with Crippen LogP contribution in [0.15, 0.2) is 12.1 Å². The molecular weight excluding hydrogens is 400 g/mol. The lowest BCUT2D eigenvalue weighted by molar-refractivity contribution is 0.199. The Kier molecular flexibility index (Phi) is 5.90. The first-order chi connectivity index (χ1) is 13.1. The number of hydrogen-bond acceptors (Lipinski definition) is 6. The molecule has 1 aromatic carbocycles. The molecule has 28 heavy (non-hydrogen) atoms. The molecule has 0 spiro atoms. The van der Waals surface area contributed by atoms with Gasteiger partial charge >= 0.3 is 12.1 Å². The number of anilines is 1. The number of amides is 4. The summed E-state index contributed by atoms with van der Waals surface area (Å²) < 4.78 is 26.0. The molecule has 8 nitrogen and oxygen atoms in total. The molecule has 0 radical (unpaired) electrons. The Bertz CT molecular complexity index is 1010. The molecule has 1 heterocycles. The number of imide groups is 1. The van der Waals surface area contributed by atoms with Crippen molar-refractivity contribution < 1.29 is 18.0 Å². The first kappa shape index (κ1) is 20.5. The molecule has 1 fully saturated rings. The van der Waals surface area contributed by atoms with E-state index < -0.39 is 28.1 Å². The van der Waals surface area contributed by atoms with E-state index in [2.05, 4.69) is 15.6 Å². The van der Waals surface area contributed by atoms with Crippen LogP contribution in [0, 0.1) is 13.8 Å². The van der Waals surface area contributed by atoms with Gasteiger partial charge in [-0.05, 0) is 43.9 Å². The lowest BCUT2D eigenvalue weighted by Gasteiger charge is -2.32. The van der Waals surface area contributed by atoms with Crippen molar-refractivity contribution in [3.05, 3.63) is 23.3 Å². The number of sulfonamides is 1. The highest BCUT2D eigenvalue weighted by molar-refractivity contribution is 7.88. The van der Waals surface area contributed by atoms with Crippen LogP contribution in [-0.4, -0.2) is 42.1 Å². The van der Waals surface area contributed by atoms with Crippen molar-refractivity contribution in [2.45, 2.75) is 52.0 Å². The maximum absolute atomic E-state index is 12.5. The summed E-state index contributed by atoms with van der Waals surface area (Å²) in [5.41, 5.74) is 2.88. The minimum atomic E-state index is -3.78. The van der Waals surface area contributed by atoms with E-state index >= 15 is 0 Å². The molecule has 0 unspecified atom stereocenters. The fourth-order valence-corrected chi connectivity index (χ4v) is 5.74. The number of urea groups is 2. The largest absolute Gasteiger partial charge is 0.339 e. The van der Waals surface area contributed by atoms with Gasteiger partial charge in [-0.25, -0.2) is 27.3 Å². The molecular formula is C18H24N4O4S2. The summed E-state index contributed by atoms with van der Waals surface area (Å²) in [4.78, 5) is 29.2. The average Bonchev–Trinajstić information content (AvgIpc) is 2.96. The second-order valence-corrected chi connectivity index (χ2v) is 10.1. The van der Waals surface area contributed by atoms with E-state index in [-0.39, 0.29) is 0 Å². The lowest BCUT2D eigenvalue weighted by atomic mass is 9.96. The monoisotopic (exact) mass is 424 g/mol. The van der Waals surface area contributed by atoms with Gasteiger partial charge in [-0.15, -0.1) is 0 Å². The van der Waals surface area contributed by atoms with E-state index in [4.69, 9.17) is 0 Å². The number of carbonyl (C=O) groups is 2. The average molecular weight is 425 g/mol. The second-order valence-electron chi connectivity index (χ2n) is 7.18. The van der Waals surface area contributed by atoms with Gasteiger partial charge in [0.2, 0.25) is 10.0 Å². The van der Waals surface area contributed by atoms with E-state index in [1.807, 2.05) is 26.0 Å². The fraction of sp³-hybridized carbons (Fsp3) is 0.500.